The molecule has 0 saturated heterocycles. The van der Waals surface area contributed by atoms with Gasteiger partial charge in [0.1, 0.15) is 13.1 Å². The van der Waals surface area contributed by atoms with E-state index in [-0.39, 0.29) is 0 Å². The Labute approximate surface area is 228 Å². The van der Waals surface area contributed by atoms with E-state index >= 15 is 0 Å². The molecule has 0 fully saturated rings. The molecule has 8 rings (SSSR count). The number of hydrogen-bond donors (Lipinski definition) is 1. The summed E-state index contributed by atoms with van der Waals surface area (Å²) >= 11 is 0. The molecule has 3 heteroatoms. The third kappa shape index (κ3) is 3.72. The van der Waals surface area contributed by atoms with Crippen LogP contribution in [0.1, 0.15) is 35.1 Å². The van der Waals surface area contributed by atoms with Gasteiger partial charge in [-0.2, -0.15) is 9.13 Å². The van der Waals surface area contributed by atoms with E-state index in [4.69, 9.17) is 0 Å². The maximum absolute atomic E-state index is 3.31. The van der Waals surface area contributed by atoms with Gasteiger partial charge in [0.25, 0.3) is 0 Å². The highest BCUT2D eigenvalue weighted by Gasteiger charge is 2.33. The molecule has 0 saturated carbocycles. The number of fused-ring (bicyclic) bond motifs is 10. The number of H-pyrrole nitrogens is 1. The zero-order valence-corrected chi connectivity index (χ0v) is 22.0. The number of benzene rings is 3. The Kier molecular flexibility index (Phi) is 5.22. The van der Waals surface area contributed by atoms with E-state index in [2.05, 4.69) is 117 Å². The van der Waals surface area contributed by atoms with Crippen LogP contribution in [0.25, 0.3) is 56.5 Å². The SMILES string of the molecule is C(=C\c1cc2ccccc2[n+]2c1-c1c(ccc3c1-c1cccc[n+]1CCC3)CCC2)/c1ccc2[nH]ccc2c1. The van der Waals surface area contributed by atoms with E-state index in [1.807, 2.05) is 6.20 Å². The van der Waals surface area contributed by atoms with E-state index in [0.717, 1.165) is 32.4 Å². The summed E-state index contributed by atoms with van der Waals surface area (Å²) in [6, 6.07) is 31.6. The van der Waals surface area contributed by atoms with Crippen molar-refractivity contribution in [3.05, 3.63) is 120 Å². The summed E-state index contributed by atoms with van der Waals surface area (Å²) in [7, 11) is 0. The van der Waals surface area contributed by atoms with Crippen molar-refractivity contribution in [2.45, 2.75) is 38.8 Å². The fourth-order valence-electron chi connectivity index (χ4n) is 6.80. The van der Waals surface area contributed by atoms with Gasteiger partial charge in [-0.15, -0.1) is 0 Å². The lowest BCUT2D eigenvalue weighted by Crippen LogP contribution is -2.38. The summed E-state index contributed by atoms with van der Waals surface area (Å²) in [4.78, 5) is 3.31. The molecule has 3 nitrogen and oxygen atoms in total. The highest BCUT2D eigenvalue weighted by Crippen LogP contribution is 2.41. The van der Waals surface area contributed by atoms with Crippen LogP contribution in [0.3, 0.4) is 0 Å². The van der Waals surface area contributed by atoms with Gasteiger partial charge in [-0.25, -0.2) is 0 Å². The number of pyridine rings is 2. The van der Waals surface area contributed by atoms with E-state index in [1.165, 1.54) is 73.0 Å². The molecule has 2 aliphatic heterocycles. The molecule has 0 aliphatic carbocycles. The van der Waals surface area contributed by atoms with Gasteiger partial charge in [0.2, 0.25) is 16.9 Å². The first-order chi connectivity index (χ1) is 19.3. The van der Waals surface area contributed by atoms with Crippen LogP contribution in [0.4, 0.5) is 0 Å². The van der Waals surface area contributed by atoms with Crippen molar-refractivity contribution in [1.82, 2.24) is 4.98 Å². The van der Waals surface area contributed by atoms with E-state index in [9.17, 15) is 0 Å². The number of aryl methyl sites for hydroxylation is 4. The van der Waals surface area contributed by atoms with Crippen molar-refractivity contribution < 1.29 is 9.13 Å². The number of rotatable bonds is 2. The molecular weight excluding hydrogens is 474 g/mol. The normalized spacial score (nSPS) is 14.5. The molecule has 188 valence electrons. The Hall–Kier alpha value is -4.50. The monoisotopic (exact) mass is 505 g/mol. The van der Waals surface area contributed by atoms with Crippen molar-refractivity contribution in [2.75, 3.05) is 0 Å². The van der Waals surface area contributed by atoms with Crippen molar-refractivity contribution in [1.29, 1.82) is 0 Å². The van der Waals surface area contributed by atoms with Crippen molar-refractivity contribution in [2.24, 2.45) is 0 Å². The largest absolute Gasteiger partial charge is 0.361 e. The van der Waals surface area contributed by atoms with Crippen LogP contribution in [-0.2, 0) is 25.9 Å². The molecule has 0 radical (unpaired) electrons. The third-order valence-electron chi connectivity index (χ3n) is 8.60. The fourth-order valence-corrected chi connectivity index (χ4v) is 6.80. The second kappa shape index (κ2) is 9.06. The molecule has 39 heavy (non-hydrogen) atoms. The van der Waals surface area contributed by atoms with Crippen molar-refractivity contribution in [3.63, 3.8) is 0 Å². The van der Waals surface area contributed by atoms with Gasteiger partial charge in [-0.1, -0.05) is 36.4 Å². The minimum Gasteiger partial charge on any atom is -0.361 e. The lowest BCUT2D eigenvalue weighted by Gasteiger charge is -2.16. The Morgan fingerprint density at radius 2 is 1.54 bits per heavy atom. The molecule has 0 atom stereocenters. The van der Waals surface area contributed by atoms with Gasteiger partial charge >= 0.3 is 0 Å². The van der Waals surface area contributed by atoms with E-state index in [0.29, 0.717) is 0 Å². The molecule has 0 spiro atoms. The van der Waals surface area contributed by atoms with Gasteiger partial charge in [0, 0.05) is 53.7 Å². The predicted octanol–water partition coefficient (Wildman–Crippen LogP) is 7.29. The number of aromatic amines is 1. The zero-order chi connectivity index (χ0) is 25.8. The Morgan fingerprint density at radius 3 is 2.49 bits per heavy atom. The van der Waals surface area contributed by atoms with Crippen LogP contribution >= 0.6 is 0 Å². The number of aromatic nitrogens is 3. The van der Waals surface area contributed by atoms with Crippen LogP contribution in [0, 0.1) is 0 Å². The number of para-hydroxylation sites is 1. The predicted molar refractivity (Wildman–Crippen MR) is 159 cm³/mol. The molecule has 6 aromatic rings. The van der Waals surface area contributed by atoms with Crippen molar-refractivity contribution >= 4 is 34.0 Å². The van der Waals surface area contributed by atoms with E-state index in [1.54, 1.807) is 0 Å². The topological polar surface area (TPSA) is 23.5 Å². The van der Waals surface area contributed by atoms with Gasteiger partial charge in [0.15, 0.2) is 6.20 Å². The lowest BCUT2D eigenvalue weighted by molar-refractivity contribution is -0.686. The van der Waals surface area contributed by atoms with Crippen LogP contribution in [0.5, 0.6) is 0 Å². The molecular formula is C36H31N3+2. The van der Waals surface area contributed by atoms with Gasteiger partial charge < -0.3 is 4.98 Å². The number of nitrogens with zero attached hydrogens (tertiary/aromatic N) is 2. The Morgan fingerprint density at radius 1 is 0.692 bits per heavy atom. The van der Waals surface area contributed by atoms with Crippen LogP contribution in [0.15, 0.2) is 97.3 Å². The number of hydrogen-bond acceptors (Lipinski definition) is 0. The maximum Gasteiger partial charge on any atom is 0.221 e. The second-order valence-electron chi connectivity index (χ2n) is 10.9. The minimum atomic E-state index is 1.02. The van der Waals surface area contributed by atoms with Gasteiger partial charge in [-0.05, 0) is 77.4 Å². The maximum atomic E-state index is 3.31. The summed E-state index contributed by atoms with van der Waals surface area (Å²) < 4.78 is 5.07. The average molecular weight is 506 g/mol. The molecule has 3 aromatic carbocycles. The average Bonchev–Trinajstić information content (AvgIpc) is 3.24. The fraction of sp³-hybridized carbons (Fsp3) is 0.167. The Bertz CT molecular complexity index is 1920. The van der Waals surface area contributed by atoms with Crippen molar-refractivity contribution in [3.8, 4) is 22.5 Å². The van der Waals surface area contributed by atoms with Crippen LogP contribution < -0.4 is 9.13 Å². The second-order valence-corrected chi connectivity index (χ2v) is 10.9. The van der Waals surface area contributed by atoms with E-state index < -0.39 is 0 Å². The summed E-state index contributed by atoms with van der Waals surface area (Å²) in [6.07, 6.45) is 13.4. The molecule has 3 aromatic heterocycles. The van der Waals surface area contributed by atoms with Gasteiger partial charge in [0.05, 0.1) is 11.1 Å². The molecule has 0 unspecified atom stereocenters. The summed E-state index contributed by atoms with van der Waals surface area (Å²) in [5, 5.41) is 2.54. The Balaban J connectivity index is 1.43. The molecule has 2 aliphatic rings. The number of nitrogens with one attached hydrogen (secondary N) is 1. The summed E-state index contributed by atoms with van der Waals surface area (Å²) in [5.74, 6) is 0. The molecule has 5 heterocycles. The van der Waals surface area contributed by atoms with Crippen LogP contribution in [-0.4, -0.2) is 4.98 Å². The first kappa shape index (κ1) is 22.5. The lowest BCUT2D eigenvalue weighted by atomic mass is 9.87. The zero-order valence-electron chi connectivity index (χ0n) is 22.0. The molecule has 1 N–H and O–H groups in total. The molecule has 0 bridgehead atoms. The smallest absolute Gasteiger partial charge is 0.221 e. The first-order valence-corrected chi connectivity index (χ1v) is 14.2. The quantitative estimate of drug-likeness (QED) is 0.239. The van der Waals surface area contributed by atoms with Crippen LogP contribution in [0.2, 0.25) is 0 Å². The highest BCUT2D eigenvalue weighted by atomic mass is 15.0. The molecule has 0 amide bonds. The first-order valence-electron chi connectivity index (χ1n) is 14.2. The summed E-state index contributed by atoms with van der Waals surface area (Å²) in [5.41, 5.74) is 13.5. The minimum absolute atomic E-state index is 1.02. The highest BCUT2D eigenvalue weighted by molar-refractivity contribution is 5.92. The van der Waals surface area contributed by atoms with Gasteiger partial charge in [-0.3, -0.25) is 0 Å². The third-order valence-corrected chi connectivity index (χ3v) is 8.60. The summed E-state index contributed by atoms with van der Waals surface area (Å²) in [6.45, 7) is 2.08. The standard InChI is InChI=1S/C36H30N3/c1-2-10-32-29(7-1)24-30(14-12-25-13-17-31-28(23-25)18-19-37-31)36-35-27(9-6-22-39(32)36)16-15-26-8-5-21-38-20-4-3-11-33(38)34(26)35/h1-4,7,10-20,23-24H,5-6,8-9,21-22H2/q+1/p+1.